The van der Waals surface area contributed by atoms with E-state index < -0.39 is 0 Å². The molecule has 1 unspecified atom stereocenters. The molecule has 0 saturated heterocycles. The molecular formula is C54H48N2. The highest BCUT2D eigenvalue weighted by atomic mass is 15.3. The summed E-state index contributed by atoms with van der Waals surface area (Å²) in [7, 11) is 0. The van der Waals surface area contributed by atoms with Gasteiger partial charge in [-0.25, -0.2) is 0 Å². The molecule has 2 nitrogen and oxygen atoms in total. The summed E-state index contributed by atoms with van der Waals surface area (Å²) in [6.07, 6.45) is 19.9. The first-order valence-corrected chi connectivity index (χ1v) is 19.6. The number of rotatable bonds is 12. The summed E-state index contributed by atoms with van der Waals surface area (Å²) < 4.78 is 0. The fraction of sp³-hybridized carbons (Fsp3) is 0.130. The summed E-state index contributed by atoms with van der Waals surface area (Å²) in [6, 6.07) is 53.7. The number of hydrogen-bond acceptors (Lipinski definition) is 2. The lowest BCUT2D eigenvalue weighted by atomic mass is 9.84. The van der Waals surface area contributed by atoms with E-state index in [4.69, 9.17) is 11.4 Å². The predicted octanol–water partition coefficient (Wildman–Crippen LogP) is 11.5. The van der Waals surface area contributed by atoms with Crippen LogP contribution in [-0.4, -0.2) is 12.4 Å². The van der Waals surface area contributed by atoms with Crippen molar-refractivity contribution in [2.75, 3.05) is 11.4 Å². The van der Waals surface area contributed by atoms with E-state index in [0.29, 0.717) is 13.0 Å². The standard InChI is InChI=1S/C54H48N2/c1-5-8-11-26-49(37-44(7-3)43(6-2)36-47-24-17-16-20-40(47)4)53(50-34-33-45-23-18-19-25-48(45)38-50)52-39-55-54(56(52)51-27-14-10-15-28-51)46-31-29-42(30-32-46)35-41-21-12-9-13-22-41/h3,6,8-34,36,38,44H,4-5,35,37,39H2,1-2H3/b11-8-,43-6+,47-36-,49-26+,53-52-. The second-order valence-corrected chi connectivity index (χ2v) is 14.1. The Balaban J connectivity index is 1.40. The second-order valence-electron chi connectivity index (χ2n) is 14.1. The van der Waals surface area contributed by atoms with Crippen LogP contribution in [0, 0.1) is 18.3 Å². The highest BCUT2D eigenvalue weighted by Crippen LogP contribution is 2.40. The van der Waals surface area contributed by atoms with Crippen LogP contribution in [0.2, 0.25) is 0 Å². The normalized spacial score (nSPS) is 15.3. The predicted molar refractivity (Wildman–Crippen MR) is 241 cm³/mol. The highest BCUT2D eigenvalue weighted by molar-refractivity contribution is 6.15. The number of aliphatic imine (C=N–C) groups is 1. The van der Waals surface area contributed by atoms with Crippen LogP contribution in [0.4, 0.5) is 5.69 Å². The van der Waals surface area contributed by atoms with Crippen molar-refractivity contribution in [3.8, 4) is 12.3 Å². The molecule has 0 N–H and O–H groups in total. The van der Waals surface area contributed by atoms with E-state index in [-0.39, 0.29) is 5.92 Å². The van der Waals surface area contributed by atoms with Crippen LogP contribution in [0.25, 0.3) is 29.0 Å². The van der Waals surface area contributed by atoms with E-state index in [1.54, 1.807) is 0 Å². The summed E-state index contributed by atoms with van der Waals surface area (Å²) in [5, 5.41) is 4.44. The summed E-state index contributed by atoms with van der Waals surface area (Å²) in [6.45, 7) is 9.04. The van der Waals surface area contributed by atoms with Gasteiger partial charge in [0.15, 0.2) is 0 Å². The zero-order valence-electron chi connectivity index (χ0n) is 32.4. The van der Waals surface area contributed by atoms with Gasteiger partial charge in [0.05, 0.1) is 12.2 Å². The molecule has 6 aromatic rings. The first-order valence-electron chi connectivity index (χ1n) is 19.6. The monoisotopic (exact) mass is 724 g/mol. The minimum absolute atomic E-state index is 0.180. The maximum Gasteiger partial charge on any atom is 0.140 e. The average molecular weight is 725 g/mol. The molecule has 0 bridgehead atoms. The Hall–Kier alpha value is -6.69. The molecular weight excluding hydrogens is 677 g/mol. The van der Waals surface area contributed by atoms with Gasteiger partial charge in [-0.05, 0) is 93.4 Å². The second kappa shape index (κ2) is 18.1. The molecule has 0 aliphatic carbocycles. The van der Waals surface area contributed by atoms with Gasteiger partial charge in [0, 0.05) is 22.7 Å². The Labute approximate surface area is 332 Å². The van der Waals surface area contributed by atoms with Gasteiger partial charge in [-0.2, -0.15) is 0 Å². The van der Waals surface area contributed by atoms with Crippen LogP contribution in [0.15, 0.2) is 198 Å². The van der Waals surface area contributed by atoms with Gasteiger partial charge < -0.3 is 0 Å². The quantitative estimate of drug-likeness (QED) is 0.0906. The number of amidine groups is 1. The molecule has 1 heterocycles. The summed E-state index contributed by atoms with van der Waals surface area (Å²) in [4.78, 5) is 7.70. The largest absolute Gasteiger partial charge is 0.296 e. The van der Waals surface area contributed by atoms with Gasteiger partial charge in [0.25, 0.3) is 0 Å². The van der Waals surface area contributed by atoms with Gasteiger partial charge in [-0.15, -0.1) is 6.42 Å². The van der Waals surface area contributed by atoms with E-state index in [0.717, 1.165) is 68.3 Å². The molecule has 0 radical (unpaired) electrons. The Bertz CT molecular complexity index is 2610. The van der Waals surface area contributed by atoms with Crippen molar-refractivity contribution >= 4 is 40.5 Å². The number of hydrogen-bond donors (Lipinski definition) is 0. The molecule has 0 fully saturated rings. The summed E-state index contributed by atoms with van der Waals surface area (Å²) in [5.41, 5.74) is 10.4. The average Bonchev–Trinajstić information content (AvgIpc) is 3.68. The first kappa shape index (κ1) is 37.6. The molecule has 0 aromatic heterocycles. The SMILES string of the molecule is C#CC(CC(=C\C=C/CC)/C(=C1\CN=C(c2ccc(Cc3ccccc3)cc2)N1c1ccccc1)c1ccc2ccccc2c1)C(=C/C)/C=c1/ccccc1=C. The molecule has 0 saturated carbocycles. The van der Waals surface area contributed by atoms with Crippen LogP contribution in [-0.2, 0) is 6.42 Å². The molecule has 6 aromatic carbocycles. The van der Waals surface area contributed by atoms with Crippen LogP contribution in [0.3, 0.4) is 0 Å². The first-order chi connectivity index (χ1) is 27.6. The molecule has 1 aliphatic heterocycles. The Kier molecular flexibility index (Phi) is 12.2. The third kappa shape index (κ3) is 8.65. The lowest BCUT2D eigenvalue weighted by Gasteiger charge is -2.28. The Morgan fingerprint density at radius 1 is 0.804 bits per heavy atom. The van der Waals surface area contributed by atoms with E-state index in [9.17, 15) is 0 Å². The van der Waals surface area contributed by atoms with Gasteiger partial charge in [0.2, 0.25) is 0 Å². The highest BCUT2D eigenvalue weighted by Gasteiger charge is 2.30. The third-order valence-corrected chi connectivity index (χ3v) is 10.4. The fourth-order valence-corrected chi connectivity index (χ4v) is 7.48. The van der Waals surface area contributed by atoms with Gasteiger partial charge >= 0.3 is 0 Å². The van der Waals surface area contributed by atoms with Crippen molar-refractivity contribution in [3.05, 3.63) is 225 Å². The van der Waals surface area contributed by atoms with Crippen LogP contribution in [0.1, 0.15) is 48.9 Å². The smallest absolute Gasteiger partial charge is 0.140 e. The van der Waals surface area contributed by atoms with E-state index in [1.807, 2.05) is 12.1 Å². The molecule has 7 rings (SSSR count). The lowest BCUT2D eigenvalue weighted by Crippen LogP contribution is -2.28. The summed E-state index contributed by atoms with van der Waals surface area (Å²) in [5.74, 6) is 3.94. The van der Waals surface area contributed by atoms with E-state index >= 15 is 0 Å². The van der Waals surface area contributed by atoms with Crippen molar-refractivity contribution in [1.82, 2.24) is 0 Å². The lowest BCUT2D eigenvalue weighted by molar-refractivity contribution is 0.811. The Morgan fingerprint density at radius 3 is 2.20 bits per heavy atom. The van der Waals surface area contributed by atoms with Crippen molar-refractivity contribution in [3.63, 3.8) is 0 Å². The number of para-hydroxylation sites is 1. The number of allylic oxidation sites excluding steroid dienone is 7. The minimum atomic E-state index is -0.180. The van der Waals surface area contributed by atoms with Crippen molar-refractivity contribution < 1.29 is 0 Å². The maximum atomic E-state index is 6.47. The van der Waals surface area contributed by atoms with E-state index in [2.05, 4.69) is 201 Å². The van der Waals surface area contributed by atoms with Crippen molar-refractivity contribution in [2.24, 2.45) is 10.9 Å². The summed E-state index contributed by atoms with van der Waals surface area (Å²) >= 11 is 0. The molecule has 1 atom stereocenters. The number of terminal acetylenes is 1. The third-order valence-electron chi connectivity index (χ3n) is 10.4. The van der Waals surface area contributed by atoms with Crippen molar-refractivity contribution in [1.29, 1.82) is 0 Å². The minimum Gasteiger partial charge on any atom is -0.296 e. The number of fused-ring (bicyclic) bond motifs is 1. The van der Waals surface area contributed by atoms with Crippen molar-refractivity contribution in [2.45, 2.75) is 33.1 Å². The zero-order chi connectivity index (χ0) is 38.7. The topological polar surface area (TPSA) is 15.6 Å². The molecule has 0 amide bonds. The van der Waals surface area contributed by atoms with Gasteiger partial charge in [0.1, 0.15) is 5.84 Å². The van der Waals surface area contributed by atoms with Gasteiger partial charge in [-0.3, -0.25) is 9.89 Å². The van der Waals surface area contributed by atoms with Gasteiger partial charge in [-0.1, -0.05) is 183 Å². The molecule has 0 spiro atoms. The van der Waals surface area contributed by atoms with Crippen LogP contribution >= 0.6 is 0 Å². The molecule has 2 heteroatoms. The molecule has 56 heavy (non-hydrogen) atoms. The zero-order valence-corrected chi connectivity index (χ0v) is 32.4. The number of benzene rings is 6. The van der Waals surface area contributed by atoms with E-state index in [1.165, 1.54) is 21.9 Å². The fourth-order valence-electron chi connectivity index (χ4n) is 7.48. The molecule has 274 valence electrons. The number of nitrogens with zero attached hydrogens (tertiary/aromatic N) is 2. The molecule has 1 aliphatic rings. The Morgan fingerprint density at radius 2 is 1.48 bits per heavy atom. The van der Waals surface area contributed by atoms with Crippen LogP contribution in [0.5, 0.6) is 0 Å². The number of anilines is 1. The maximum absolute atomic E-state index is 6.47. The van der Waals surface area contributed by atoms with Crippen LogP contribution < -0.4 is 15.3 Å².